The highest BCUT2D eigenvalue weighted by molar-refractivity contribution is 9.10. The lowest BCUT2D eigenvalue weighted by Crippen LogP contribution is -2.32. The van der Waals surface area contributed by atoms with E-state index in [1.54, 1.807) is 11.9 Å². The van der Waals surface area contributed by atoms with Crippen LogP contribution in [0.3, 0.4) is 0 Å². The molecule has 0 bridgehead atoms. The molecule has 1 aromatic carbocycles. The topological polar surface area (TPSA) is 41.0 Å². The van der Waals surface area contributed by atoms with E-state index in [9.17, 15) is 4.79 Å². The van der Waals surface area contributed by atoms with Crippen molar-refractivity contribution < 1.29 is 4.79 Å². The monoisotopic (exact) mass is 341 g/mol. The van der Waals surface area contributed by atoms with Crippen molar-refractivity contribution in [2.24, 2.45) is 0 Å². The average Bonchev–Trinajstić information content (AvgIpc) is 2.71. The van der Waals surface area contributed by atoms with E-state index in [1.807, 2.05) is 36.6 Å². The largest absolute Gasteiger partial charge is 0.344 e. The molecule has 0 radical (unpaired) electrons. The molecule has 0 saturated carbocycles. The molecule has 1 heterocycles. The van der Waals surface area contributed by atoms with Crippen LogP contribution in [0.15, 0.2) is 22.7 Å². The lowest BCUT2D eigenvalue weighted by molar-refractivity contribution is -0.132. The van der Waals surface area contributed by atoms with Gasteiger partial charge in [-0.25, -0.2) is 0 Å². The van der Waals surface area contributed by atoms with Gasteiger partial charge in [0.15, 0.2) is 4.77 Å². The summed E-state index contributed by atoms with van der Waals surface area (Å²) in [5.41, 5.74) is 1.87. The Morgan fingerprint density at radius 3 is 2.89 bits per heavy atom. The summed E-state index contributed by atoms with van der Waals surface area (Å²) in [7, 11) is 1.80. The van der Waals surface area contributed by atoms with Gasteiger partial charge in [-0.05, 0) is 44.3 Å². The quantitative estimate of drug-likeness (QED) is 0.868. The number of rotatable bonds is 3. The summed E-state index contributed by atoms with van der Waals surface area (Å²) in [6.07, 6.45) is 0. The Kier molecular flexibility index (Phi) is 4.10. The number of carbonyl (C=O) groups excluding carboxylic acids is 1. The molecule has 4 nitrogen and oxygen atoms in total. The fraction of sp³-hybridized carbons (Fsp3) is 0.385. The Labute approximate surface area is 125 Å². The Balaban J connectivity index is 2.55. The van der Waals surface area contributed by atoms with Gasteiger partial charge in [0, 0.05) is 18.1 Å². The predicted molar refractivity (Wildman–Crippen MR) is 82.8 cm³/mol. The van der Waals surface area contributed by atoms with Crippen molar-refractivity contribution in [2.45, 2.75) is 19.9 Å². The zero-order valence-electron chi connectivity index (χ0n) is 11.1. The summed E-state index contributed by atoms with van der Waals surface area (Å²) in [4.78, 5) is 17.1. The fourth-order valence-electron chi connectivity index (χ4n) is 2.06. The SMILES string of the molecule is CCN(C)C(=O)C(C)n1c(=S)[nH]c2ccc(Br)cc21. The predicted octanol–water partition coefficient (Wildman–Crippen LogP) is 3.50. The summed E-state index contributed by atoms with van der Waals surface area (Å²) in [5, 5.41) is 0. The van der Waals surface area contributed by atoms with Gasteiger partial charge in [-0.3, -0.25) is 4.79 Å². The number of aromatic nitrogens is 2. The molecule has 1 N–H and O–H groups in total. The second-order valence-corrected chi connectivity index (χ2v) is 5.79. The third-order valence-electron chi connectivity index (χ3n) is 3.27. The fourth-order valence-corrected chi connectivity index (χ4v) is 2.78. The summed E-state index contributed by atoms with van der Waals surface area (Å²) in [5.74, 6) is 0.0551. The van der Waals surface area contributed by atoms with Crippen LogP contribution < -0.4 is 0 Å². The van der Waals surface area contributed by atoms with Crippen LogP contribution in [-0.4, -0.2) is 34.0 Å². The number of H-pyrrole nitrogens is 1. The maximum absolute atomic E-state index is 12.3. The number of aromatic amines is 1. The van der Waals surface area contributed by atoms with Crippen molar-refractivity contribution in [2.75, 3.05) is 13.6 Å². The molecule has 1 unspecified atom stereocenters. The van der Waals surface area contributed by atoms with Gasteiger partial charge in [0.05, 0.1) is 11.0 Å². The number of hydrogen-bond donors (Lipinski definition) is 1. The van der Waals surface area contributed by atoms with Crippen LogP contribution in [0.1, 0.15) is 19.9 Å². The number of halogens is 1. The number of carbonyl (C=O) groups is 1. The minimum atomic E-state index is -0.319. The van der Waals surface area contributed by atoms with Crippen LogP contribution in [0.25, 0.3) is 11.0 Å². The molecule has 0 spiro atoms. The Hall–Kier alpha value is -1.14. The Morgan fingerprint density at radius 2 is 2.26 bits per heavy atom. The van der Waals surface area contributed by atoms with E-state index in [0.29, 0.717) is 11.3 Å². The number of nitrogens with one attached hydrogen (secondary N) is 1. The maximum atomic E-state index is 12.3. The first-order valence-electron chi connectivity index (χ1n) is 6.10. The van der Waals surface area contributed by atoms with Gasteiger partial charge in [-0.15, -0.1) is 0 Å². The van der Waals surface area contributed by atoms with E-state index in [2.05, 4.69) is 20.9 Å². The summed E-state index contributed by atoms with van der Waals surface area (Å²) < 4.78 is 3.40. The van der Waals surface area contributed by atoms with E-state index in [-0.39, 0.29) is 11.9 Å². The number of fused-ring (bicyclic) bond motifs is 1. The average molecular weight is 342 g/mol. The molecule has 1 amide bonds. The molecule has 102 valence electrons. The van der Waals surface area contributed by atoms with Crippen molar-refractivity contribution in [3.8, 4) is 0 Å². The van der Waals surface area contributed by atoms with Gasteiger partial charge < -0.3 is 14.5 Å². The highest BCUT2D eigenvalue weighted by atomic mass is 79.9. The van der Waals surface area contributed by atoms with Gasteiger partial charge in [0.1, 0.15) is 6.04 Å². The standard InChI is InChI=1S/C13H16BrN3OS/c1-4-16(3)12(18)8(2)17-11-7-9(14)5-6-10(11)15-13(17)19/h5-8H,4H2,1-3H3,(H,15,19). The van der Waals surface area contributed by atoms with E-state index in [0.717, 1.165) is 15.5 Å². The third kappa shape index (κ3) is 2.60. The number of hydrogen-bond acceptors (Lipinski definition) is 2. The molecule has 0 aliphatic heterocycles. The normalized spacial score (nSPS) is 12.6. The van der Waals surface area contributed by atoms with E-state index in [4.69, 9.17) is 12.2 Å². The molecule has 19 heavy (non-hydrogen) atoms. The van der Waals surface area contributed by atoms with Crippen LogP contribution in [0, 0.1) is 4.77 Å². The third-order valence-corrected chi connectivity index (χ3v) is 4.07. The van der Waals surface area contributed by atoms with Crippen molar-refractivity contribution in [1.29, 1.82) is 0 Å². The number of benzene rings is 1. The highest BCUT2D eigenvalue weighted by Crippen LogP contribution is 2.23. The van der Waals surface area contributed by atoms with Gasteiger partial charge in [0.2, 0.25) is 5.91 Å². The lowest BCUT2D eigenvalue weighted by Gasteiger charge is -2.21. The van der Waals surface area contributed by atoms with E-state index < -0.39 is 0 Å². The van der Waals surface area contributed by atoms with Crippen molar-refractivity contribution in [3.05, 3.63) is 27.4 Å². The molecular formula is C13H16BrN3OS. The van der Waals surface area contributed by atoms with Gasteiger partial charge >= 0.3 is 0 Å². The minimum absolute atomic E-state index is 0.0551. The van der Waals surface area contributed by atoms with Crippen LogP contribution in [0.4, 0.5) is 0 Å². The zero-order valence-corrected chi connectivity index (χ0v) is 13.5. The Morgan fingerprint density at radius 1 is 1.58 bits per heavy atom. The number of likely N-dealkylation sites (N-methyl/N-ethyl adjacent to an activating group) is 1. The summed E-state index contributed by atoms with van der Waals surface area (Å²) >= 11 is 8.78. The number of imidazole rings is 1. The van der Waals surface area contributed by atoms with Gasteiger partial charge in [-0.2, -0.15) is 0 Å². The molecule has 1 aromatic heterocycles. The molecule has 2 aromatic rings. The van der Waals surface area contributed by atoms with Crippen molar-refractivity contribution >= 4 is 45.1 Å². The lowest BCUT2D eigenvalue weighted by atomic mass is 10.2. The first kappa shape index (κ1) is 14.3. The molecule has 0 aliphatic carbocycles. The van der Waals surface area contributed by atoms with Crippen LogP contribution >= 0.6 is 28.1 Å². The summed E-state index contributed by atoms with van der Waals surface area (Å²) in [6.45, 7) is 4.51. The smallest absolute Gasteiger partial charge is 0.245 e. The highest BCUT2D eigenvalue weighted by Gasteiger charge is 2.21. The first-order chi connectivity index (χ1) is 8.95. The molecule has 6 heteroatoms. The molecule has 0 aliphatic rings. The van der Waals surface area contributed by atoms with E-state index in [1.165, 1.54) is 0 Å². The molecular weight excluding hydrogens is 326 g/mol. The Bertz CT molecular complexity index is 676. The number of amides is 1. The minimum Gasteiger partial charge on any atom is -0.344 e. The molecule has 2 rings (SSSR count). The van der Waals surface area contributed by atoms with Crippen molar-refractivity contribution in [1.82, 2.24) is 14.5 Å². The zero-order chi connectivity index (χ0) is 14.2. The molecule has 0 saturated heterocycles. The second-order valence-electron chi connectivity index (χ2n) is 4.49. The number of nitrogens with zero attached hydrogens (tertiary/aromatic N) is 2. The summed E-state index contributed by atoms with van der Waals surface area (Å²) in [6, 6.07) is 5.55. The molecule has 0 fully saturated rings. The van der Waals surface area contributed by atoms with Crippen LogP contribution in [0.2, 0.25) is 0 Å². The maximum Gasteiger partial charge on any atom is 0.245 e. The van der Waals surface area contributed by atoms with Crippen LogP contribution in [-0.2, 0) is 4.79 Å². The molecule has 1 atom stereocenters. The van der Waals surface area contributed by atoms with Crippen LogP contribution in [0.5, 0.6) is 0 Å². The second kappa shape index (κ2) is 5.46. The van der Waals surface area contributed by atoms with Gasteiger partial charge in [0.25, 0.3) is 0 Å². The van der Waals surface area contributed by atoms with Gasteiger partial charge in [-0.1, -0.05) is 15.9 Å². The first-order valence-corrected chi connectivity index (χ1v) is 7.30. The van der Waals surface area contributed by atoms with E-state index >= 15 is 0 Å². The van der Waals surface area contributed by atoms with Crippen molar-refractivity contribution in [3.63, 3.8) is 0 Å².